The maximum absolute atomic E-state index is 12.6. The van der Waals surface area contributed by atoms with Crippen LogP contribution in [0.5, 0.6) is 5.75 Å². The molecule has 1 amide bonds. The van der Waals surface area contributed by atoms with Crippen molar-refractivity contribution in [3.05, 3.63) is 59.2 Å². The van der Waals surface area contributed by atoms with Gasteiger partial charge in [-0.25, -0.2) is 8.42 Å². The average molecular weight is 433 g/mol. The molecule has 0 atom stereocenters. The van der Waals surface area contributed by atoms with Gasteiger partial charge in [-0.05, 0) is 61.2 Å². The van der Waals surface area contributed by atoms with E-state index in [0.717, 1.165) is 11.1 Å². The molecule has 8 heteroatoms. The van der Waals surface area contributed by atoms with E-state index in [1.807, 2.05) is 32.0 Å². The van der Waals surface area contributed by atoms with E-state index >= 15 is 0 Å². The van der Waals surface area contributed by atoms with Crippen molar-refractivity contribution in [1.29, 1.82) is 0 Å². The van der Waals surface area contributed by atoms with Gasteiger partial charge in [-0.15, -0.1) is 0 Å². The highest BCUT2D eigenvalue weighted by atomic mass is 32.2. The fourth-order valence-corrected chi connectivity index (χ4v) is 4.52. The van der Waals surface area contributed by atoms with Gasteiger partial charge >= 0.3 is 0 Å². The third-order valence-electron chi connectivity index (χ3n) is 5.12. The molecule has 1 aliphatic rings. The molecule has 1 N–H and O–H groups in total. The van der Waals surface area contributed by atoms with Crippen LogP contribution in [0.2, 0.25) is 0 Å². The normalized spacial score (nSPS) is 15.0. The van der Waals surface area contributed by atoms with Crippen LogP contribution in [-0.4, -0.2) is 58.1 Å². The summed E-state index contributed by atoms with van der Waals surface area (Å²) in [6, 6.07) is 12.5. The van der Waals surface area contributed by atoms with Gasteiger partial charge in [0.15, 0.2) is 6.61 Å². The van der Waals surface area contributed by atoms with Crippen molar-refractivity contribution in [2.45, 2.75) is 25.2 Å². The van der Waals surface area contributed by atoms with Crippen LogP contribution in [0.4, 0.5) is 0 Å². The smallest absolute Gasteiger partial charge is 0.257 e. The SMILES string of the molecule is Cc1ccc(OCC(=O)NCCc2ccc(S(=O)(=O)N3CCOCC3)cc2)cc1C. The summed E-state index contributed by atoms with van der Waals surface area (Å²) in [5, 5.41) is 2.82. The van der Waals surface area contributed by atoms with Crippen molar-refractivity contribution in [2.75, 3.05) is 39.5 Å². The van der Waals surface area contributed by atoms with Gasteiger partial charge in [0, 0.05) is 19.6 Å². The highest BCUT2D eigenvalue weighted by Crippen LogP contribution is 2.18. The van der Waals surface area contributed by atoms with Crippen molar-refractivity contribution >= 4 is 15.9 Å². The van der Waals surface area contributed by atoms with Gasteiger partial charge in [-0.2, -0.15) is 4.31 Å². The maximum Gasteiger partial charge on any atom is 0.257 e. The van der Waals surface area contributed by atoms with Gasteiger partial charge in [0.05, 0.1) is 18.1 Å². The minimum atomic E-state index is -3.49. The Morgan fingerprint density at radius 2 is 1.77 bits per heavy atom. The van der Waals surface area contributed by atoms with Crippen LogP contribution in [0.25, 0.3) is 0 Å². The molecule has 2 aromatic carbocycles. The Morgan fingerprint density at radius 3 is 2.43 bits per heavy atom. The number of rotatable bonds is 8. The first-order valence-corrected chi connectivity index (χ1v) is 11.4. The Labute approximate surface area is 178 Å². The molecule has 1 heterocycles. The summed E-state index contributed by atoms with van der Waals surface area (Å²) in [5.41, 5.74) is 3.24. The second-order valence-corrected chi connectivity index (χ2v) is 9.23. The van der Waals surface area contributed by atoms with Gasteiger partial charge in [0.1, 0.15) is 5.75 Å². The molecule has 0 saturated carbocycles. The molecule has 30 heavy (non-hydrogen) atoms. The average Bonchev–Trinajstić information content (AvgIpc) is 2.75. The molecule has 0 bridgehead atoms. The zero-order valence-electron chi connectivity index (χ0n) is 17.4. The van der Waals surface area contributed by atoms with Gasteiger partial charge in [0.25, 0.3) is 5.91 Å². The van der Waals surface area contributed by atoms with Crippen molar-refractivity contribution in [3.63, 3.8) is 0 Å². The molecule has 0 unspecified atom stereocenters. The van der Waals surface area contributed by atoms with E-state index in [4.69, 9.17) is 9.47 Å². The molecule has 3 rings (SSSR count). The number of nitrogens with zero attached hydrogens (tertiary/aromatic N) is 1. The van der Waals surface area contributed by atoms with Crippen LogP contribution in [0.15, 0.2) is 47.4 Å². The van der Waals surface area contributed by atoms with Crippen molar-refractivity contribution < 1.29 is 22.7 Å². The summed E-state index contributed by atoms with van der Waals surface area (Å²) in [7, 11) is -3.49. The third-order valence-corrected chi connectivity index (χ3v) is 7.03. The number of carbonyl (C=O) groups is 1. The number of ether oxygens (including phenoxy) is 2. The lowest BCUT2D eigenvalue weighted by Crippen LogP contribution is -2.40. The topological polar surface area (TPSA) is 84.9 Å². The lowest BCUT2D eigenvalue weighted by molar-refractivity contribution is -0.123. The van der Waals surface area contributed by atoms with E-state index in [1.54, 1.807) is 24.3 Å². The van der Waals surface area contributed by atoms with Gasteiger partial charge in [0.2, 0.25) is 10.0 Å². The summed E-state index contributed by atoms with van der Waals surface area (Å²) >= 11 is 0. The van der Waals surface area contributed by atoms with E-state index < -0.39 is 10.0 Å². The fourth-order valence-electron chi connectivity index (χ4n) is 3.11. The Morgan fingerprint density at radius 1 is 1.07 bits per heavy atom. The monoisotopic (exact) mass is 432 g/mol. The Balaban J connectivity index is 1.44. The molecular formula is C22H28N2O5S. The minimum absolute atomic E-state index is 0.0424. The summed E-state index contributed by atoms with van der Waals surface area (Å²) in [4.78, 5) is 12.3. The van der Waals surface area contributed by atoms with Crippen LogP contribution >= 0.6 is 0 Å². The van der Waals surface area contributed by atoms with Crippen LogP contribution in [0, 0.1) is 13.8 Å². The molecule has 0 spiro atoms. The van der Waals surface area contributed by atoms with E-state index in [9.17, 15) is 13.2 Å². The maximum atomic E-state index is 12.6. The van der Waals surface area contributed by atoms with Crippen molar-refractivity contribution in [2.24, 2.45) is 0 Å². The Hall–Kier alpha value is -2.42. The molecule has 1 fully saturated rings. The largest absolute Gasteiger partial charge is 0.484 e. The number of sulfonamides is 1. The number of benzene rings is 2. The van der Waals surface area contributed by atoms with Crippen LogP contribution in [-0.2, 0) is 26.0 Å². The summed E-state index contributed by atoms with van der Waals surface area (Å²) < 4.78 is 37.4. The lowest BCUT2D eigenvalue weighted by atomic mass is 10.1. The zero-order valence-corrected chi connectivity index (χ0v) is 18.2. The quantitative estimate of drug-likeness (QED) is 0.690. The van der Waals surface area contributed by atoms with Crippen LogP contribution in [0.3, 0.4) is 0 Å². The number of carbonyl (C=O) groups excluding carboxylic acids is 1. The molecule has 7 nitrogen and oxygen atoms in total. The predicted octanol–water partition coefficient (Wildman–Crippen LogP) is 2.06. The number of nitrogens with one attached hydrogen (secondary N) is 1. The first-order valence-electron chi connectivity index (χ1n) is 10.00. The third kappa shape index (κ3) is 5.81. The van der Waals surface area contributed by atoms with E-state index in [0.29, 0.717) is 45.0 Å². The molecule has 2 aromatic rings. The number of morpholine rings is 1. The van der Waals surface area contributed by atoms with E-state index in [2.05, 4.69) is 5.32 Å². The van der Waals surface area contributed by atoms with Crippen LogP contribution < -0.4 is 10.1 Å². The first kappa shape index (κ1) is 22.3. The van der Waals surface area contributed by atoms with E-state index in [1.165, 1.54) is 9.87 Å². The summed E-state index contributed by atoms with van der Waals surface area (Å²) in [5.74, 6) is 0.477. The number of aryl methyl sites for hydroxylation is 2. The van der Waals surface area contributed by atoms with Crippen LogP contribution in [0.1, 0.15) is 16.7 Å². The minimum Gasteiger partial charge on any atom is -0.484 e. The molecule has 0 radical (unpaired) electrons. The molecule has 162 valence electrons. The highest BCUT2D eigenvalue weighted by molar-refractivity contribution is 7.89. The van der Waals surface area contributed by atoms with Gasteiger partial charge < -0.3 is 14.8 Å². The summed E-state index contributed by atoms with van der Waals surface area (Å²) in [6.45, 7) is 6.02. The predicted molar refractivity (Wildman–Crippen MR) is 114 cm³/mol. The number of amides is 1. The Bertz CT molecular complexity index is 968. The van der Waals surface area contributed by atoms with E-state index in [-0.39, 0.29) is 17.4 Å². The lowest BCUT2D eigenvalue weighted by Gasteiger charge is -2.26. The van der Waals surface area contributed by atoms with Crippen molar-refractivity contribution in [1.82, 2.24) is 9.62 Å². The Kier molecular flexibility index (Phi) is 7.47. The summed E-state index contributed by atoms with van der Waals surface area (Å²) in [6.07, 6.45) is 0.604. The molecule has 1 saturated heterocycles. The van der Waals surface area contributed by atoms with Gasteiger partial charge in [-0.1, -0.05) is 18.2 Å². The second-order valence-electron chi connectivity index (χ2n) is 7.30. The number of hydrogen-bond donors (Lipinski definition) is 1. The molecule has 0 aliphatic carbocycles. The number of hydrogen-bond acceptors (Lipinski definition) is 5. The molecule has 0 aromatic heterocycles. The van der Waals surface area contributed by atoms with Crippen molar-refractivity contribution in [3.8, 4) is 5.75 Å². The van der Waals surface area contributed by atoms with Gasteiger partial charge in [-0.3, -0.25) is 4.79 Å². The fraction of sp³-hybridized carbons (Fsp3) is 0.409. The second kappa shape index (κ2) is 10.1. The molecule has 1 aliphatic heterocycles. The first-order chi connectivity index (χ1) is 14.4. The molecular weight excluding hydrogens is 404 g/mol. The zero-order chi connectivity index (χ0) is 21.6. The standard InChI is InChI=1S/C22H28N2O5S/c1-17-3-6-20(15-18(17)2)29-16-22(25)23-10-9-19-4-7-21(8-5-19)30(26,27)24-11-13-28-14-12-24/h3-8,15H,9-14,16H2,1-2H3,(H,23,25). The highest BCUT2D eigenvalue weighted by Gasteiger charge is 2.26.